The Hall–Kier alpha value is -3.38. The first-order valence-corrected chi connectivity index (χ1v) is 10.7. The number of rotatable bonds is 6. The molecule has 0 radical (unpaired) electrons. The molecule has 0 atom stereocenters. The Labute approximate surface area is 179 Å². The summed E-state index contributed by atoms with van der Waals surface area (Å²) in [6.45, 7) is 0.555. The van der Waals surface area contributed by atoms with Gasteiger partial charge in [0.1, 0.15) is 0 Å². The maximum Gasteiger partial charge on any atom is 0.253 e. The van der Waals surface area contributed by atoms with Crippen LogP contribution in [0, 0.1) is 0 Å². The van der Waals surface area contributed by atoms with Crippen molar-refractivity contribution in [3.63, 3.8) is 0 Å². The van der Waals surface area contributed by atoms with Gasteiger partial charge in [-0.1, -0.05) is 30.3 Å². The number of aromatic nitrogens is 2. The Kier molecular flexibility index (Phi) is 5.95. The highest BCUT2D eigenvalue weighted by Gasteiger charge is 2.14. The predicted octanol–water partition coefficient (Wildman–Crippen LogP) is 5.40. The second-order valence-corrected chi connectivity index (χ2v) is 7.74. The molecular weight excluding hydrogens is 394 g/mol. The highest BCUT2D eigenvalue weighted by atomic mass is 32.2. The fourth-order valence-corrected chi connectivity index (χ4v) is 3.50. The van der Waals surface area contributed by atoms with Gasteiger partial charge in [-0.15, -0.1) is 22.0 Å². The molecule has 0 aliphatic carbocycles. The van der Waals surface area contributed by atoms with E-state index >= 15 is 0 Å². The number of carbonyl (C=O) groups excluding carboxylic acids is 1. The standard InChI is InChI=1S/C24H21N3O2S/c1-27(16-17-8-14-21(30-2)15-9-17)24(28)20-12-10-19(11-13-20)23-26-25-22(29-23)18-6-4-3-5-7-18/h3-15H,16H2,1-2H3. The third-order valence-electron chi connectivity index (χ3n) is 4.75. The van der Waals surface area contributed by atoms with Crippen LogP contribution in [0.25, 0.3) is 22.9 Å². The lowest BCUT2D eigenvalue weighted by Crippen LogP contribution is -2.26. The van der Waals surface area contributed by atoms with E-state index in [0.29, 0.717) is 23.9 Å². The molecule has 0 aliphatic heterocycles. The molecule has 0 unspecified atom stereocenters. The molecule has 0 N–H and O–H groups in total. The second kappa shape index (κ2) is 8.97. The molecule has 1 aromatic heterocycles. The van der Waals surface area contributed by atoms with Gasteiger partial charge in [0.25, 0.3) is 5.91 Å². The van der Waals surface area contributed by atoms with E-state index in [2.05, 4.69) is 34.5 Å². The summed E-state index contributed by atoms with van der Waals surface area (Å²) < 4.78 is 5.78. The van der Waals surface area contributed by atoms with Crippen molar-refractivity contribution in [2.24, 2.45) is 0 Å². The first-order valence-electron chi connectivity index (χ1n) is 9.52. The summed E-state index contributed by atoms with van der Waals surface area (Å²) in [6, 6.07) is 25.1. The summed E-state index contributed by atoms with van der Waals surface area (Å²) in [6.07, 6.45) is 2.05. The van der Waals surface area contributed by atoms with Gasteiger partial charge in [0.2, 0.25) is 11.8 Å². The molecule has 4 rings (SSSR count). The maximum atomic E-state index is 12.8. The van der Waals surface area contributed by atoms with Crippen molar-refractivity contribution in [2.75, 3.05) is 13.3 Å². The summed E-state index contributed by atoms with van der Waals surface area (Å²) >= 11 is 1.70. The van der Waals surface area contributed by atoms with E-state index in [1.807, 2.05) is 55.8 Å². The molecule has 5 nitrogen and oxygen atoms in total. The van der Waals surface area contributed by atoms with Gasteiger partial charge in [0.05, 0.1) is 0 Å². The van der Waals surface area contributed by atoms with Crippen LogP contribution < -0.4 is 0 Å². The monoisotopic (exact) mass is 415 g/mol. The molecule has 0 saturated heterocycles. The molecule has 4 aromatic rings. The number of hydrogen-bond donors (Lipinski definition) is 0. The molecule has 0 spiro atoms. The number of amides is 1. The van der Waals surface area contributed by atoms with Crippen LogP contribution in [-0.4, -0.2) is 34.3 Å². The summed E-state index contributed by atoms with van der Waals surface area (Å²) in [5.41, 5.74) is 3.36. The van der Waals surface area contributed by atoms with E-state index in [-0.39, 0.29) is 5.91 Å². The van der Waals surface area contributed by atoms with Crippen molar-refractivity contribution in [1.82, 2.24) is 15.1 Å². The largest absolute Gasteiger partial charge is 0.416 e. The van der Waals surface area contributed by atoms with Gasteiger partial charge in [-0.25, -0.2) is 0 Å². The van der Waals surface area contributed by atoms with E-state index < -0.39 is 0 Å². The normalized spacial score (nSPS) is 10.7. The Bertz CT molecular complexity index is 1120. The van der Waals surface area contributed by atoms with E-state index in [0.717, 1.165) is 16.7 Å². The van der Waals surface area contributed by atoms with Gasteiger partial charge >= 0.3 is 0 Å². The quantitative estimate of drug-likeness (QED) is 0.395. The molecule has 0 bridgehead atoms. The van der Waals surface area contributed by atoms with Crippen LogP contribution in [0.5, 0.6) is 0 Å². The van der Waals surface area contributed by atoms with E-state index in [4.69, 9.17) is 4.42 Å². The predicted molar refractivity (Wildman–Crippen MR) is 119 cm³/mol. The Morgan fingerprint density at radius 2 is 1.47 bits per heavy atom. The molecule has 6 heteroatoms. The Morgan fingerprint density at radius 3 is 2.07 bits per heavy atom. The van der Waals surface area contributed by atoms with Crippen molar-refractivity contribution >= 4 is 17.7 Å². The third-order valence-corrected chi connectivity index (χ3v) is 5.49. The molecule has 1 amide bonds. The third kappa shape index (κ3) is 4.44. The van der Waals surface area contributed by atoms with Crippen LogP contribution in [0.15, 0.2) is 88.2 Å². The number of benzene rings is 3. The van der Waals surface area contributed by atoms with Crippen molar-refractivity contribution in [1.29, 1.82) is 0 Å². The second-order valence-electron chi connectivity index (χ2n) is 6.87. The molecule has 0 aliphatic rings. The molecule has 150 valence electrons. The van der Waals surface area contributed by atoms with Crippen LogP contribution in [-0.2, 0) is 6.54 Å². The SMILES string of the molecule is CSc1ccc(CN(C)C(=O)c2ccc(-c3nnc(-c4ccccc4)o3)cc2)cc1. The molecular formula is C24H21N3O2S. The molecule has 3 aromatic carbocycles. The molecule has 30 heavy (non-hydrogen) atoms. The summed E-state index contributed by atoms with van der Waals surface area (Å²) in [4.78, 5) is 15.7. The summed E-state index contributed by atoms with van der Waals surface area (Å²) in [5, 5.41) is 8.24. The topological polar surface area (TPSA) is 59.2 Å². The smallest absolute Gasteiger partial charge is 0.253 e. The average Bonchev–Trinajstić information content (AvgIpc) is 3.30. The van der Waals surface area contributed by atoms with Gasteiger partial charge in [-0.2, -0.15) is 0 Å². The Morgan fingerprint density at radius 1 is 0.867 bits per heavy atom. The van der Waals surface area contributed by atoms with Crippen molar-refractivity contribution in [3.05, 3.63) is 90.0 Å². The number of carbonyl (C=O) groups is 1. The number of thioether (sulfide) groups is 1. The van der Waals surface area contributed by atoms with Crippen LogP contribution in [0.3, 0.4) is 0 Å². The first kappa shape index (κ1) is 19.9. The van der Waals surface area contributed by atoms with Gasteiger partial charge in [0, 0.05) is 35.2 Å². The van der Waals surface area contributed by atoms with Gasteiger partial charge in [-0.05, 0) is 60.4 Å². The van der Waals surface area contributed by atoms with Crippen molar-refractivity contribution in [2.45, 2.75) is 11.4 Å². The maximum absolute atomic E-state index is 12.8. The minimum absolute atomic E-state index is 0.0361. The summed E-state index contributed by atoms with van der Waals surface area (Å²) in [5.74, 6) is 0.860. The van der Waals surface area contributed by atoms with Gasteiger partial charge in [0.15, 0.2) is 0 Å². The fourth-order valence-electron chi connectivity index (χ4n) is 3.09. The summed E-state index contributed by atoms with van der Waals surface area (Å²) in [7, 11) is 1.81. The number of hydrogen-bond acceptors (Lipinski definition) is 5. The number of nitrogens with zero attached hydrogens (tertiary/aromatic N) is 3. The zero-order valence-electron chi connectivity index (χ0n) is 16.8. The Balaban J connectivity index is 1.45. The highest BCUT2D eigenvalue weighted by Crippen LogP contribution is 2.24. The zero-order chi connectivity index (χ0) is 20.9. The van der Waals surface area contributed by atoms with E-state index in [1.165, 1.54) is 4.90 Å². The lowest BCUT2D eigenvalue weighted by atomic mass is 10.1. The zero-order valence-corrected chi connectivity index (χ0v) is 17.6. The van der Waals surface area contributed by atoms with Crippen LogP contribution in [0.2, 0.25) is 0 Å². The van der Waals surface area contributed by atoms with Crippen LogP contribution in [0.4, 0.5) is 0 Å². The van der Waals surface area contributed by atoms with E-state index in [1.54, 1.807) is 28.8 Å². The van der Waals surface area contributed by atoms with Crippen LogP contribution in [0.1, 0.15) is 15.9 Å². The first-order chi connectivity index (χ1) is 14.6. The minimum atomic E-state index is -0.0361. The van der Waals surface area contributed by atoms with Gasteiger partial charge < -0.3 is 9.32 Å². The lowest BCUT2D eigenvalue weighted by Gasteiger charge is -2.17. The van der Waals surface area contributed by atoms with Gasteiger partial charge in [-0.3, -0.25) is 4.79 Å². The highest BCUT2D eigenvalue weighted by molar-refractivity contribution is 7.98. The molecule has 0 fully saturated rings. The molecule has 0 saturated carbocycles. The molecule has 1 heterocycles. The van der Waals surface area contributed by atoms with Crippen molar-refractivity contribution < 1.29 is 9.21 Å². The van der Waals surface area contributed by atoms with Crippen molar-refractivity contribution in [3.8, 4) is 22.9 Å². The minimum Gasteiger partial charge on any atom is -0.416 e. The lowest BCUT2D eigenvalue weighted by molar-refractivity contribution is 0.0785. The average molecular weight is 416 g/mol. The van der Waals surface area contributed by atoms with E-state index in [9.17, 15) is 4.79 Å². The van der Waals surface area contributed by atoms with Crippen LogP contribution >= 0.6 is 11.8 Å². The fraction of sp³-hybridized carbons (Fsp3) is 0.125.